The lowest BCUT2D eigenvalue weighted by Crippen LogP contribution is -2.48. The second-order valence-corrected chi connectivity index (χ2v) is 10.3. The van der Waals surface area contributed by atoms with Crippen LogP contribution in [0.3, 0.4) is 0 Å². The Hall–Kier alpha value is -2.46. The molecule has 1 aliphatic carbocycles. The molecule has 1 aromatic carbocycles. The summed E-state index contributed by atoms with van der Waals surface area (Å²) in [6, 6.07) is 4.43. The average Bonchev–Trinajstić information content (AvgIpc) is 3.17. The number of imidazole rings is 1. The molecule has 1 aliphatic heterocycles. The molecule has 162 valence electrons. The van der Waals surface area contributed by atoms with Crippen LogP contribution in [0, 0.1) is 0 Å². The number of aromatic nitrogens is 2. The zero-order valence-electron chi connectivity index (χ0n) is 17.5. The number of sulfonamides is 1. The average molecular weight is 434 g/mol. The highest BCUT2D eigenvalue weighted by Crippen LogP contribution is 2.34. The summed E-state index contributed by atoms with van der Waals surface area (Å²) in [6.45, 7) is 2.59. The summed E-state index contributed by atoms with van der Waals surface area (Å²) in [5.41, 5.74) is 0.518. The zero-order valence-corrected chi connectivity index (χ0v) is 18.3. The van der Waals surface area contributed by atoms with E-state index in [1.54, 1.807) is 12.1 Å². The predicted octanol–water partition coefficient (Wildman–Crippen LogP) is 2.06. The number of rotatable bonds is 5. The van der Waals surface area contributed by atoms with Gasteiger partial charge in [0.25, 0.3) is 5.91 Å². The van der Waals surface area contributed by atoms with Crippen LogP contribution in [0.5, 0.6) is 0 Å². The van der Waals surface area contributed by atoms with Gasteiger partial charge in [-0.1, -0.05) is 19.3 Å². The molecule has 0 unspecified atom stereocenters. The summed E-state index contributed by atoms with van der Waals surface area (Å²) >= 11 is 0. The predicted molar refractivity (Wildman–Crippen MR) is 111 cm³/mol. The van der Waals surface area contributed by atoms with Crippen molar-refractivity contribution >= 4 is 33.0 Å². The van der Waals surface area contributed by atoms with E-state index in [2.05, 4.69) is 10.3 Å². The summed E-state index contributed by atoms with van der Waals surface area (Å²) in [6.07, 6.45) is 4.27. The van der Waals surface area contributed by atoms with Crippen molar-refractivity contribution < 1.29 is 18.0 Å². The van der Waals surface area contributed by atoms with Crippen molar-refractivity contribution in [3.63, 3.8) is 0 Å². The third-order valence-corrected chi connectivity index (χ3v) is 7.96. The number of imide groups is 1. The summed E-state index contributed by atoms with van der Waals surface area (Å²) in [5, 5.41) is 2.92. The Labute approximate surface area is 176 Å². The Morgan fingerprint density at radius 2 is 1.87 bits per heavy atom. The molecular weight excluding hydrogens is 406 g/mol. The lowest BCUT2D eigenvalue weighted by molar-refractivity contribution is -0.132. The van der Waals surface area contributed by atoms with Crippen molar-refractivity contribution in [3.05, 3.63) is 24.0 Å². The van der Waals surface area contributed by atoms with Crippen LogP contribution >= 0.6 is 0 Å². The van der Waals surface area contributed by atoms with Gasteiger partial charge in [0.15, 0.2) is 0 Å². The first kappa shape index (κ1) is 20.8. The van der Waals surface area contributed by atoms with E-state index >= 15 is 0 Å². The van der Waals surface area contributed by atoms with Crippen LogP contribution in [0.4, 0.5) is 4.79 Å². The van der Waals surface area contributed by atoms with Gasteiger partial charge in [-0.25, -0.2) is 22.5 Å². The number of nitrogens with one attached hydrogen (secondary N) is 1. The summed E-state index contributed by atoms with van der Waals surface area (Å²) < 4.78 is 28.0. The van der Waals surface area contributed by atoms with E-state index in [4.69, 9.17) is 0 Å². The molecule has 2 aromatic rings. The van der Waals surface area contributed by atoms with Crippen LogP contribution in [-0.2, 0) is 27.9 Å². The Bertz CT molecular complexity index is 1120. The molecule has 1 spiro atoms. The fraction of sp³-hybridized carbons (Fsp3) is 0.550. The molecule has 1 saturated carbocycles. The van der Waals surface area contributed by atoms with Crippen LogP contribution in [-0.4, -0.2) is 58.7 Å². The van der Waals surface area contributed by atoms with Gasteiger partial charge in [0.05, 0.1) is 22.5 Å². The molecule has 4 rings (SSSR count). The van der Waals surface area contributed by atoms with Crippen molar-refractivity contribution in [2.75, 3.05) is 14.1 Å². The van der Waals surface area contributed by atoms with Crippen molar-refractivity contribution in [2.45, 2.75) is 62.6 Å². The van der Waals surface area contributed by atoms with E-state index in [0.29, 0.717) is 30.7 Å². The number of aryl methyl sites for hydroxylation is 1. The van der Waals surface area contributed by atoms with Crippen molar-refractivity contribution in [2.24, 2.45) is 0 Å². The molecule has 1 aromatic heterocycles. The third kappa shape index (κ3) is 3.18. The smallest absolute Gasteiger partial charge is 0.325 e. The van der Waals surface area contributed by atoms with Gasteiger partial charge in [0, 0.05) is 20.6 Å². The Morgan fingerprint density at radius 3 is 2.50 bits per heavy atom. The molecule has 1 saturated heterocycles. The van der Waals surface area contributed by atoms with E-state index in [9.17, 15) is 18.0 Å². The fourth-order valence-corrected chi connectivity index (χ4v) is 5.38. The second kappa shape index (κ2) is 7.35. The molecule has 2 aliphatic rings. The number of benzene rings is 1. The number of urea groups is 1. The standard InChI is InChI=1S/C20H27N5O4S/c1-4-24-16-9-8-14(30(28,29)23(2)3)12-15(16)21-17(24)13-25-18(26)20(22-19(25)27)10-6-5-7-11-20/h8-9,12H,4-7,10-11,13H2,1-3H3,(H,22,27). The SMILES string of the molecule is CCn1c(CN2C(=O)NC3(CCCCC3)C2=O)nc2cc(S(=O)(=O)N(C)C)ccc21. The summed E-state index contributed by atoms with van der Waals surface area (Å²) in [5.74, 6) is 0.376. The normalized spacial score (nSPS) is 19.3. The van der Waals surface area contributed by atoms with Crippen molar-refractivity contribution in [1.82, 2.24) is 24.1 Å². The highest BCUT2D eigenvalue weighted by atomic mass is 32.2. The number of hydrogen-bond donors (Lipinski definition) is 1. The van der Waals surface area contributed by atoms with Crippen LogP contribution in [0.2, 0.25) is 0 Å². The molecule has 0 atom stereocenters. The Kier molecular flexibility index (Phi) is 5.09. The van der Waals surface area contributed by atoms with Gasteiger partial charge < -0.3 is 9.88 Å². The van der Waals surface area contributed by atoms with Crippen molar-refractivity contribution in [3.8, 4) is 0 Å². The first-order valence-electron chi connectivity index (χ1n) is 10.3. The van der Waals surface area contributed by atoms with Gasteiger partial charge >= 0.3 is 6.03 Å². The van der Waals surface area contributed by atoms with Crippen LogP contribution in [0.25, 0.3) is 11.0 Å². The number of carbonyl (C=O) groups is 2. The minimum atomic E-state index is -3.58. The first-order valence-corrected chi connectivity index (χ1v) is 11.7. The minimum Gasteiger partial charge on any atom is -0.327 e. The molecule has 1 N–H and O–H groups in total. The number of amides is 3. The molecular formula is C20H27N5O4S. The number of fused-ring (bicyclic) bond motifs is 1. The maximum atomic E-state index is 13.1. The van der Waals surface area contributed by atoms with E-state index < -0.39 is 15.6 Å². The van der Waals surface area contributed by atoms with Crippen LogP contribution in [0.15, 0.2) is 23.1 Å². The first-order chi connectivity index (χ1) is 14.2. The van der Waals surface area contributed by atoms with Crippen LogP contribution < -0.4 is 5.32 Å². The molecule has 30 heavy (non-hydrogen) atoms. The second-order valence-electron chi connectivity index (χ2n) is 8.17. The lowest BCUT2D eigenvalue weighted by atomic mass is 9.82. The number of carbonyl (C=O) groups excluding carboxylic acids is 2. The number of hydrogen-bond acceptors (Lipinski definition) is 5. The van der Waals surface area contributed by atoms with Gasteiger partial charge in [0.2, 0.25) is 10.0 Å². The summed E-state index contributed by atoms with van der Waals surface area (Å²) in [7, 11) is -0.621. The quantitative estimate of drug-likeness (QED) is 0.727. The van der Waals surface area contributed by atoms with E-state index in [1.165, 1.54) is 25.1 Å². The largest absolute Gasteiger partial charge is 0.327 e. The van der Waals surface area contributed by atoms with E-state index in [1.807, 2.05) is 11.5 Å². The monoisotopic (exact) mass is 433 g/mol. The maximum Gasteiger partial charge on any atom is 0.325 e. The highest BCUT2D eigenvalue weighted by Gasteiger charge is 2.51. The Balaban J connectivity index is 1.69. The zero-order chi connectivity index (χ0) is 21.7. The molecule has 3 amide bonds. The highest BCUT2D eigenvalue weighted by molar-refractivity contribution is 7.89. The molecule has 0 radical (unpaired) electrons. The fourth-order valence-electron chi connectivity index (χ4n) is 4.46. The summed E-state index contributed by atoms with van der Waals surface area (Å²) in [4.78, 5) is 31.7. The van der Waals surface area contributed by atoms with Gasteiger partial charge in [-0.05, 0) is 38.0 Å². The van der Waals surface area contributed by atoms with E-state index in [-0.39, 0.29) is 23.4 Å². The third-order valence-electron chi connectivity index (χ3n) is 6.15. The lowest BCUT2D eigenvalue weighted by Gasteiger charge is -2.30. The van der Waals surface area contributed by atoms with E-state index in [0.717, 1.165) is 29.1 Å². The van der Waals surface area contributed by atoms with Gasteiger partial charge in [-0.3, -0.25) is 9.69 Å². The van der Waals surface area contributed by atoms with Crippen molar-refractivity contribution in [1.29, 1.82) is 0 Å². The van der Waals surface area contributed by atoms with Gasteiger partial charge in [-0.15, -0.1) is 0 Å². The Morgan fingerprint density at radius 1 is 1.17 bits per heavy atom. The molecule has 9 nitrogen and oxygen atoms in total. The molecule has 10 heteroatoms. The molecule has 2 heterocycles. The van der Waals surface area contributed by atoms with Gasteiger partial charge in [0.1, 0.15) is 11.4 Å². The maximum absolute atomic E-state index is 13.1. The topological polar surface area (TPSA) is 105 Å². The number of nitrogens with zero attached hydrogens (tertiary/aromatic N) is 4. The molecule has 0 bridgehead atoms. The van der Waals surface area contributed by atoms with Gasteiger partial charge in [-0.2, -0.15) is 0 Å². The molecule has 2 fully saturated rings. The minimum absolute atomic E-state index is 0.0602. The van der Waals surface area contributed by atoms with Crippen LogP contribution in [0.1, 0.15) is 44.9 Å².